The number of Topliss-reactive ketones (excluding diaryl/α,β-unsaturated/α-hetero) is 1. The molecule has 0 saturated carbocycles. The number of rotatable bonds is 4. The summed E-state index contributed by atoms with van der Waals surface area (Å²) in [6, 6.07) is 12.0. The number of benzene rings is 2. The Labute approximate surface area is 151 Å². The van der Waals surface area contributed by atoms with Crippen molar-refractivity contribution in [3.05, 3.63) is 59.7 Å². The van der Waals surface area contributed by atoms with Crippen LogP contribution in [0.2, 0.25) is 0 Å². The molecule has 0 aromatic heterocycles. The number of carbonyl (C=O) groups is 1. The maximum atomic E-state index is 12.8. The third kappa shape index (κ3) is 4.51. The van der Waals surface area contributed by atoms with E-state index in [0.717, 1.165) is 38.3 Å². The van der Waals surface area contributed by atoms with Crippen LogP contribution in [0.4, 0.5) is 13.2 Å². The van der Waals surface area contributed by atoms with Crippen LogP contribution in [-0.4, -0.2) is 55.4 Å². The van der Waals surface area contributed by atoms with Crippen molar-refractivity contribution >= 4 is 5.78 Å². The summed E-state index contributed by atoms with van der Waals surface area (Å²) in [5.41, 5.74) is 1.05. The van der Waals surface area contributed by atoms with Gasteiger partial charge in [0.25, 0.3) is 0 Å². The van der Waals surface area contributed by atoms with Gasteiger partial charge in [-0.05, 0) is 30.3 Å². The molecule has 138 valence electrons. The van der Waals surface area contributed by atoms with E-state index in [-0.39, 0.29) is 5.78 Å². The van der Waals surface area contributed by atoms with Gasteiger partial charge >= 0.3 is 6.18 Å². The number of halogens is 3. The molecule has 2 aromatic carbocycles. The first-order valence-corrected chi connectivity index (χ1v) is 8.55. The Morgan fingerprint density at radius 2 is 1.62 bits per heavy atom. The number of nitrogens with zero attached hydrogens (tertiary/aromatic N) is 2. The Morgan fingerprint density at radius 3 is 2.23 bits per heavy atom. The molecule has 0 aliphatic carbocycles. The largest absolute Gasteiger partial charge is 0.416 e. The summed E-state index contributed by atoms with van der Waals surface area (Å²) in [4.78, 5) is 16.8. The minimum atomic E-state index is -4.37. The highest BCUT2D eigenvalue weighted by Crippen LogP contribution is 2.32. The Balaban J connectivity index is 1.69. The Bertz CT molecular complexity index is 763. The number of ketones is 1. The Hall–Kier alpha value is -2.18. The fraction of sp³-hybridized carbons (Fsp3) is 0.350. The highest BCUT2D eigenvalue weighted by molar-refractivity contribution is 5.98. The van der Waals surface area contributed by atoms with Crippen LogP contribution < -0.4 is 0 Å². The van der Waals surface area contributed by atoms with Gasteiger partial charge in [0.1, 0.15) is 0 Å². The molecule has 0 N–H and O–H groups in total. The molecule has 0 atom stereocenters. The van der Waals surface area contributed by atoms with E-state index in [2.05, 4.69) is 16.8 Å². The molecular formula is C20H21F3N2O. The molecule has 1 fully saturated rings. The maximum Gasteiger partial charge on any atom is 0.416 e. The Kier molecular flexibility index (Phi) is 5.44. The maximum absolute atomic E-state index is 12.8. The van der Waals surface area contributed by atoms with Gasteiger partial charge in [0.2, 0.25) is 0 Å². The molecule has 26 heavy (non-hydrogen) atoms. The van der Waals surface area contributed by atoms with Crippen molar-refractivity contribution in [2.75, 3.05) is 39.8 Å². The second kappa shape index (κ2) is 7.60. The average Bonchev–Trinajstić information content (AvgIpc) is 2.63. The fourth-order valence-electron chi connectivity index (χ4n) is 3.02. The lowest BCUT2D eigenvalue weighted by molar-refractivity contribution is -0.137. The molecule has 0 spiro atoms. The molecule has 6 heteroatoms. The first-order valence-electron chi connectivity index (χ1n) is 8.55. The lowest BCUT2D eigenvalue weighted by Gasteiger charge is -2.31. The zero-order valence-electron chi connectivity index (χ0n) is 14.6. The first-order chi connectivity index (χ1) is 12.3. The summed E-state index contributed by atoms with van der Waals surface area (Å²) in [6.45, 7) is 4.00. The van der Waals surface area contributed by atoms with E-state index >= 15 is 0 Å². The smallest absolute Gasteiger partial charge is 0.304 e. The van der Waals surface area contributed by atoms with Crippen LogP contribution in [0.15, 0.2) is 48.5 Å². The molecule has 3 rings (SSSR count). The molecule has 0 amide bonds. The van der Waals surface area contributed by atoms with Crippen molar-refractivity contribution in [3.63, 3.8) is 0 Å². The normalized spacial score (nSPS) is 16.6. The monoisotopic (exact) mass is 362 g/mol. The number of alkyl halides is 3. The van der Waals surface area contributed by atoms with E-state index in [1.165, 1.54) is 6.07 Å². The molecule has 1 aliphatic rings. The van der Waals surface area contributed by atoms with Crippen molar-refractivity contribution in [1.29, 1.82) is 0 Å². The molecule has 2 aromatic rings. The molecule has 1 heterocycles. The van der Waals surface area contributed by atoms with E-state index in [1.807, 2.05) is 0 Å². The number of hydrogen-bond acceptors (Lipinski definition) is 3. The zero-order chi connectivity index (χ0) is 18.7. The third-order valence-electron chi connectivity index (χ3n) is 4.69. The van der Waals surface area contributed by atoms with Crippen LogP contribution in [0, 0.1) is 0 Å². The van der Waals surface area contributed by atoms with Gasteiger partial charge in [-0.2, -0.15) is 13.2 Å². The van der Waals surface area contributed by atoms with Gasteiger partial charge in [0.05, 0.1) is 12.1 Å². The Morgan fingerprint density at radius 1 is 0.962 bits per heavy atom. The molecule has 1 saturated heterocycles. The topological polar surface area (TPSA) is 23.6 Å². The van der Waals surface area contributed by atoms with Gasteiger partial charge in [-0.1, -0.05) is 36.4 Å². The van der Waals surface area contributed by atoms with Crippen LogP contribution in [-0.2, 0) is 6.18 Å². The predicted octanol–water partition coefficient (Wildman–Crippen LogP) is 3.80. The zero-order valence-corrected chi connectivity index (χ0v) is 14.6. The number of likely N-dealkylation sites (N-methyl/N-ethyl adjacent to an activating group) is 1. The molecular weight excluding hydrogens is 341 g/mol. The second-order valence-electron chi connectivity index (χ2n) is 6.66. The van der Waals surface area contributed by atoms with Crippen LogP contribution in [0.5, 0.6) is 0 Å². The average molecular weight is 362 g/mol. The van der Waals surface area contributed by atoms with Crippen molar-refractivity contribution in [2.45, 2.75) is 6.18 Å². The van der Waals surface area contributed by atoms with Gasteiger partial charge in [-0.3, -0.25) is 9.69 Å². The van der Waals surface area contributed by atoms with Crippen LogP contribution in [0.3, 0.4) is 0 Å². The summed E-state index contributed by atoms with van der Waals surface area (Å²) < 4.78 is 38.5. The van der Waals surface area contributed by atoms with Gasteiger partial charge in [-0.15, -0.1) is 0 Å². The van der Waals surface area contributed by atoms with E-state index in [0.29, 0.717) is 23.2 Å². The molecule has 3 nitrogen and oxygen atoms in total. The molecule has 0 bridgehead atoms. The highest BCUT2D eigenvalue weighted by atomic mass is 19.4. The van der Waals surface area contributed by atoms with E-state index < -0.39 is 11.7 Å². The molecule has 0 unspecified atom stereocenters. The minimum absolute atomic E-state index is 0.0325. The van der Waals surface area contributed by atoms with Crippen molar-refractivity contribution < 1.29 is 18.0 Å². The standard InChI is InChI=1S/C20H21F3N2O/c1-24-9-11-25(12-10-24)14-19(26)16-7-5-15(6-8-16)17-3-2-4-18(13-17)20(21,22)23/h2-8,13H,9-12,14H2,1H3. The summed E-state index contributed by atoms with van der Waals surface area (Å²) in [6.07, 6.45) is -4.37. The van der Waals surface area contributed by atoms with Crippen LogP contribution >= 0.6 is 0 Å². The molecule has 1 aliphatic heterocycles. The van der Waals surface area contributed by atoms with E-state index in [1.54, 1.807) is 30.3 Å². The van der Waals surface area contributed by atoms with Crippen molar-refractivity contribution in [3.8, 4) is 11.1 Å². The summed E-state index contributed by atoms with van der Waals surface area (Å²) >= 11 is 0. The fourth-order valence-corrected chi connectivity index (χ4v) is 3.02. The number of hydrogen-bond donors (Lipinski definition) is 0. The quantitative estimate of drug-likeness (QED) is 0.773. The predicted molar refractivity (Wildman–Crippen MR) is 95.1 cm³/mol. The van der Waals surface area contributed by atoms with Gasteiger partial charge in [0, 0.05) is 31.7 Å². The van der Waals surface area contributed by atoms with Gasteiger partial charge in [0.15, 0.2) is 5.78 Å². The van der Waals surface area contributed by atoms with E-state index in [4.69, 9.17) is 0 Å². The second-order valence-corrected chi connectivity index (χ2v) is 6.66. The lowest BCUT2D eigenvalue weighted by atomic mass is 10.0. The van der Waals surface area contributed by atoms with Gasteiger partial charge in [-0.25, -0.2) is 0 Å². The van der Waals surface area contributed by atoms with Crippen molar-refractivity contribution in [1.82, 2.24) is 9.80 Å². The first kappa shape index (κ1) is 18.6. The summed E-state index contributed by atoms with van der Waals surface area (Å²) in [5.74, 6) is 0.0325. The summed E-state index contributed by atoms with van der Waals surface area (Å²) in [7, 11) is 2.06. The number of piperazine rings is 1. The lowest BCUT2D eigenvalue weighted by Crippen LogP contribution is -2.46. The minimum Gasteiger partial charge on any atom is -0.304 e. The van der Waals surface area contributed by atoms with Crippen molar-refractivity contribution in [2.24, 2.45) is 0 Å². The SMILES string of the molecule is CN1CCN(CC(=O)c2ccc(-c3cccc(C(F)(F)F)c3)cc2)CC1. The number of carbonyl (C=O) groups excluding carboxylic acids is 1. The third-order valence-corrected chi connectivity index (χ3v) is 4.69. The van der Waals surface area contributed by atoms with Crippen LogP contribution in [0.25, 0.3) is 11.1 Å². The van der Waals surface area contributed by atoms with E-state index in [9.17, 15) is 18.0 Å². The van der Waals surface area contributed by atoms with Crippen LogP contribution in [0.1, 0.15) is 15.9 Å². The highest BCUT2D eigenvalue weighted by Gasteiger charge is 2.30. The van der Waals surface area contributed by atoms with Gasteiger partial charge < -0.3 is 4.90 Å². The molecule has 0 radical (unpaired) electrons. The summed E-state index contributed by atoms with van der Waals surface area (Å²) in [5, 5.41) is 0.